The average Bonchev–Trinajstić information content (AvgIpc) is 2.78. The molecule has 0 bridgehead atoms. The Morgan fingerprint density at radius 3 is 2.11 bits per heavy atom. The molecule has 0 amide bonds. The van der Waals surface area contributed by atoms with Crippen LogP contribution < -0.4 is 14.4 Å². The number of aliphatic hydroxyl groups is 1. The van der Waals surface area contributed by atoms with E-state index >= 15 is 0 Å². The monoisotopic (exact) mass is 545 g/mol. The highest BCUT2D eigenvalue weighted by molar-refractivity contribution is 5.52. The average molecular weight is 545 g/mol. The van der Waals surface area contributed by atoms with Crippen LogP contribution in [0.5, 0.6) is 17.2 Å². The maximum atomic E-state index is 13.2. The van der Waals surface area contributed by atoms with Crippen LogP contribution in [0.15, 0.2) is 48.5 Å². The van der Waals surface area contributed by atoms with E-state index in [2.05, 4.69) is 4.74 Å². The molecule has 0 spiro atoms. The van der Waals surface area contributed by atoms with Crippen molar-refractivity contribution < 1.29 is 54.1 Å². The molecule has 4 nitrogen and oxygen atoms in total. The lowest BCUT2D eigenvalue weighted by Crippen LogP contribution is -2.44. The lowest BCUT2D eigenvalue weighted by molar-refractivity contribution is -0.274. The molecule has 1 aliphatic carbocycles. The Morgan fingerprint density at radius 2 is 1.51 bits per heavy atom. The van der Waals surface area contributed by atoms with Crippen LogP contribution in [0, 0.1) is 11.8 Å². The number of hydrogen-bond acceptors (Lipinski definition) is 4. The van der Waals surface area contributed by atoms with E-state index in [1.54, 1.807) is 0 Å². The minimum Gasteiger partial charge on any atom is -0.457 e. The van der Waals surface area contributed by atoms with Crippen LogP contribution in [0.1, 0.15) is 25.7 Å². The van der Waals surface area contributed by atoms with Crippen LogP contribution in [-0.2, 0) is 0 Å². The number of hydrogen-bond donors (Lipinski definition) is 1. The third-order valence-corrected chi connectivity index (χ3v) is 5.97. The smallest absolute Gasteiger partial charge is 0.457 e. The quantitative estimate of drug-likeness (QED) is 0.350. The van der Waals surface area contributed by atoms with Crippen molar-refractivity contribution in [3.05, 3.63) is 48.5 Å². The summed E-state index contributed by atoms with van der Waals surface area (Å²) in [5.41, 5.74) is 0.173. The van der Waals surface area contributed by atoms with Crippen LogP contribution >= 0.6 is 0 Å². The molecule has 0 aromatic heterocycles. The Balaban J connectivity index is 1.78. The number of alkyl halides is 9. The molecule has 0 heterocycles. The topological polar surface area (TPSA) is 41.9 Å². The molecule has 1 N–H and O–H groups in total. The van der Waals surface area contributed by atoms with Crippen molar-refractivity contribution in [1.82, 2.24) is 0 Å². The Kier molecular flexibility index (Phi) is 8.76. The second-order valence-electron chi connectivity index (χ2n) is 8.85. The Bertz CT molecular complexity index is 1010. The third kappa shape index (κ3) is 8.90. The van der Waals surface area contributed by atoms with Gasteiger partial charge in [-0.25, -0.2) is 0 Å². The van der Waals surface area contributed by atoms with Gasteiger partial charge in [0.15, 0.2) is 6.10 Å². The van der Waals surface area contributed by atoms with Gasteiger partial charge in [-0.15, -0.1) is 13.2 Å². The summed E-state index contributed by atoms with van der Waals surface area (Å²) in [4.78, 5) is 1.18. The summed E-state index contributed by atoms with van der Waals surface area (Å²) in [6.07, 6.45) is -16.5. The van der Waals surface area contributed by atoms with Crippen LogP contribution in [0.25, 0.3) is 0 Å². The van der Waals surface area contributed by atoms with Gasteiger partial charge in [0.25, 0.3) is 0 Å². The first-order valence-corrected chi connectivity index (χ1v) is 11.3. The highest BCUT2D eigenvalue weighted by Crippen LogP contribution is 2.41. The van der Waals surface area contributed by atoms with Gasteiger partial charge in [0.1, 0.15) is 17.2 Å². The van der Waals surface area contributed by atoms with E-state index in [0.717, 1.165) is 12.1 Å². The second-order valence-corrected chi connectivity index (χ2v) is 8.85. The van der Waals surface area contributed by atoms with Gasteiger partial charge in [0.05, 0.1) is 12.5 Å². The summed E-state index contributed by atoms with van der Waals surface area (Å²) in [5, 5.41) is 9.67. The fourth-order valence-electron chi connectivity index (χ4n) is 4.25. The maximum Gasteiger partial charge on any atom is 0.573 e. The molecule has 0 aliphatic heterocycles. The number of aliphatic hydroxyl groups excluding tert-OH is 1. The fourth-order valence-corrected chi connectivity index (χ4v) is 4.25. The number of halogens is 9. The summed E-state index contributed by atoms with van der Waals surface area (Å²) in [7, 11) is 0. The summed E-state index contributed by atoms with van der Waals surface area (Å²) >= 11 is 0. The molecule has 0 saturated heterocycles. The van der Waals surface area contributed by atoms with E-state index in [1.807, 2.05) is 0 Å². The molecular formula is C24H24F9NO3. The first-order chi connectivity index (χ1) is 17.1. The molecule has 2 aromatic carbocycles. The van der Waals surface area contributed by atoms with Crippen molar-refractivity contribution >= 4 is 5.69 Å². The number of anilines is 1. The van der Waals surface area contributed by atoms with Crippen molar-refractivity contribution in [2.45, 2.75) is 50.5 Å². The van der Waals surface area contributed by atoms with Gasteiger partial charge >= 0.3 is 18.7 Å². The largest absolute Gasteiger partial charge is 0.573 e. The normalized spacial score (nSPS) is 19.8. The Hall–Kier alpha value is -2.83. The molecule has 0 radical (unpaired) electrons. The van der Waals surface area contributed by atoms with Crippen molar-refractivity contribution in [3.8, 4) is 17.2 Å². The number of rotatable bonds is 8. The van der Waals surface area contributed by atoms with Gasteiger partial charge < -0.3 is 19.5 Å². The van der Waals surface area contributed by atoms with Crippen molar-refractivity contribution in [1.29, 1.82) is 0 Å². The SMILES string of the molecule is OC(CN(CC1CCCC(C(F)(F)F)C1)c1cccc(Oc2ccc(OC(F)(F)F)cc2)c1)C(F)(F)F. The summed E-state index contributed by atoms with van der Waals surface area (Å²) < 4.78 is 125. The van der Waals surface area contributed by atoms with E-state index in [4.69, 9.17) is 4.74 Å². The lowest BCUT2D eigenvalue weighted by Gasteiger charge is -2.36. The molecule has 3 rings (SSSR count). The molecule has 1 fully saturated rings. The zero-order valence-electron chi connectivity index (χ0n) is 19.2. The van der Waals surface area contributed by atoms with Gasteiger partial charge in [0.2, 0.25) is 0 Å². The molecule has 3 unspecified atom stereocenters. The van der Waals surface area contributed by atoms with Crippen LogP contribution in [0.4, 0.5) is 45.2 Å². The fraction of sp³-hybridized carbons (Fsp3) is 0.500. The zero-order valence-corrected chi connectivity index (χ0v) is 19.2. The highest BCUT2D eigenvalue weighted by atomic mass is 19.4. The molecule has 3 atom stereocenters. The van der Waals surface area contributed by atoms with Crippen LogP contribution in [0.2, 0.25) is 0 Å². The van der Waals surface area contributed by atoms with Crippen LogP contribution in [0.3, 0.4) is 0 Å². The van der Waals surface area contributed by atoms with Crippen molar-refractivity contribution in [2.75, 3.05) is 18.0 Å². The van der Waals surface area contributed by atoms with E-state index in [1.165, 1.54) is 41.3 Å². The van der Waals surface area contributed by atoms with Crippen LogP contribution in [-0.4, -0.2) is 43.0 Å². The second kappa shape index (κ2) is 11.3. The minimum atomic E-state index is -4.94. The lowest BCUT2D eigenvalue weighted by atomic mass is 9.80. The number of benzene rings is 2. The minimum absolute atomic E-state index is 0.0404. The Morgan fingerprint density at radius 1 is 0.865 bits per heavy atom. The predicted octanol–water partition coefficient (Wildman–Crippen LogP) is 7.48. The molecule has 206 valence electrons. The van der Waals surface area contributed by atoms with Gasteiger partial charge in [-0.3, -0.25) is 0 Å². The molecule has 13 heteroatoms. The van der Waals surface area contributed by atoms with Gasteiger partial charge in [0, 0.05) is 18.3 Å². The van der Waals surface area contributed by atoms with Crippen molar-refractivity contribution in [3.63, 3.8) is 0 Å². The van der Waals surface area contributed by atoms with E-state index in [-0.39, 0.29) is 43.0 Å². The summed E-state index contributed by atoms with van der Waals surface area (Å²) in [6.45, 7) is -1.05. The van der Waals surface area contributed by atoms with Gasteiger partial charge in [-0.1, -0.05) is 12.5 Å². The molecule has 37 heavy (non-hydrogen) atoms. The molecule has 1 saturated carbocycles. The zero-order chi connectivity index (χ0) is 27.4. The molecule has 1 aliphatic rings. The highest BCUT2D eigenvalue weighted by Gasteiger charge is 2.43. The summed E-state index contributed by atoms with van der Waals surface area (Å²) in [5.74, 6) is -2.35. The first kappa shape index (κ1) is 28.7. The molecular weight excluding hydrogens is 521 g/mol. The van der Waals surface area contributed by atoms with Gasteiger partial charge in [-0.05, 0) is 61.6 Å². The number of ether oxygens (including phenoxy) is 2. The number of nitrogens with zero attached hydrogens (tertiary/aromatic N) is 1. The van der Waals surface area contributed by atoms with Crippen molar-refractivity contribution in [2.24, 2.45) is 11.8 Å². The standard InChI is InChI=1S/C24H24F9NO3/c25-22(26,27)16-4-1-3-15(11-16)13-34(14-21(35)23(28,29)30)17-5-2-6-20(12-17)36-18-7-9-19(10-8-18)37-24(31,32)33/h2,5-10,12,15-16,21,35H,1,3-4,11,13-14H2. The predicted molar refractivity (Wildman–Crippen MR) is 115 cm³/mol. The summed E-state index contributed by atoms with van der Waals surface area (Å²) in [6, 6.07) is 10.1. The van der Waals surface area contributed by atoms with E-state index in [0.29, 0.717) is 6.42 Å². The van der Waals surface area contributed by atoms with Gasteiger partial charge in [-0.2, -0.15) is 26.3 Å². The first-order valence-electron chi connectivity index (χ1n) is 11.3. The van der Waals surface area contributed by atoms with E-state index < -0.39 is 48.9 Å². The van der Waals surface area contributed by atoms with E-state index in [9.17, 15) is 44.6 Å². The maximum absolute atomic E-state index is 13.2. The third-order valence-electron chi connectivity index (χ3n) is 5.97. The Labute approximate surface area is 206 Å². The molecule has 2 aromatic rings.